The monoisotopic (exact) mass is 413 g/mol. The molecule has 4 atom stereocenters. The topological polar surface area (TPSA) is 56.7 Å². The molecule has 0 radical (unpaired) electrons. The van der Waals surface area contributed by atoms with E-state index < -0.39 is 5.97 Å². The Bertz CT molecular complexity index is 830. The van der Waals surface area contributed by atoms with Crippen LogP contribution in [-0.2, 0) is 11.3 Å². The molecular formula is C23H28ClN3O2. The number of hydrogen-bond donors (Lipinski definition) is 1. The van der Waals surface area contributed by atoms with Crippen LogP contribution >= 0.6 is 11.6 Å². The highest BCUT2D eigenvalue weighted by Gasteiger charge is 2.46. The Morgan fingerprint density at radius 2 is 2.03 bits per heavy atom. The van der Waals surface area contributed by atoms with Crippen LogP contribution in [0.5, 0.6) is 0 Å². The van der Waals surface area contributed by atoms with Gasteiger partial charge in [-0.2, -0.15) is 0 Å². The highest BCUT2D eigenvalue weighted by molar-refractivity contribution is 6.30. The fourth-order valence-electron chi connectivity index (χ4n) is 5.31. The number of aliphatic carboxylic acids is 1. The summed E-state index contributed by atoms with van der Waals surface area (Å²) in [6.07, 6.45) is 5.28. The first-order valence-corrected chi connectivity index (χ1v) is 10.7. The van der Waals surface area contributed by atoms with Crippen molar-refractivity contribution >= 4 is 17.6 Å². The first kappa shape index (κ1) is 20.3. The smallest absolute Gasteiger partial charge is 0.317 e. The van der Waals surface area contributed by atoms with Crippen molar-refractivity contribution in [2.24, 2.45) is 5.92 Å². The molecule has 0 saturated carbocycles. The van der Waals surface area contributed by atoms with Crippen molar-refractivity contribution in [3.05, 3.63) is 64.9 Å². The van der Waals surface area contributed by atoms with Crippen molar-refractivity contribution in [3.8, 4) is 0 Å². The average Bonchev–Trinajstić information content (AvgIpc) is 2.94. The third-order valence-electron chi connectivity index (χ3n) is 6.67. The molecule has 29 heavy (non-hydrogen) atoms. The van der Waals surface area contributed by atoms with Crippen LogP contribution in [0.3, 0.4) is 0 Å². The van der Waals surface area contributed by atoms with Gasteiger partial charge in [0.2, 0.25) is 0 Å². The predicted molar refractivity (Wildman–Crippen MR) is 114 cm³/mol. The molecule has 1 aromatic carbocycles. The van der Waals surface area contributed by atoms with Gasteiger partial charge in [-0.25, -0.2) is 0 Å². The number of fused-ring (bicyclic) bond motifs is 2. The van der Waals surface area contributed by atoms with Crippen LogP contribution in [-0.4, -0.2) is 58.1 Å². The van der Waals surface area contributed by atoms with Gasteiger partial charge in [-0.3, -0.25) is 14.7 Å². The molecule has 5 nitrogen and oxygen atoms in total. The van der Waals surface area contributed by atoms with Crippen molar-refractivity contribution < 1.29 is 9.90 Å². The lowest BCUT2D eigenvalue weighted by Gasteiger charge is -2.45. The van der Waals surface area contributed by atoms with E-state index in [1.54, 1.807) is 6.20 Å². The number of carboxylic acids is 1. The van der Waals surface area contributed by atoms with Gasteiger partial charge in [-0.05, 0) is 68.0 Å². The maximum Gasteiger partial charge on any atom is 0.317 e. The second-order valence-electron chi connectivity index (χ2n) is 8.41. The van der Waals surface area contributed by atoms with Crippen molar-refractivity contribution in [1.82, 2.24) is 14.8 Å². The summed E-state index contributed by atoms with van der Waals surface area (Å²) in [6, 6.07) is 15.1. The van der Waals surface area contributed by atoms with E-state index in [2.05, 4.69) is 29.1 Å². The van der Waals surface area contributed by atoms with Crippen molar-refractivity contribution in [3.63, 3.8) is 0 Å². The zero-order valence-corrected chi connectivity index (χ0v) is 17.5. The van der Waals surface area contributed by atoms with Gasteiger partial charge in [0.15, 0.2) is 0 Å². The van der Waals surface area contributed by atoms with Gasteiger partial charge in [-0.1, -0.05) is 29.8 Å². The standard InChI is InChI=1S/C23H28ClN3O2/c1-26-19-9-10-22(26)21(20(12-19)16-5-7-17(24)8-6-16)14-27(15-23(28)29)13-18-4-2-3-11-25-18/h2-8,11,19-22H,9-10,12-15H2,1H3,(H,28,29)/t19?,20-,21+,22?/m1/s1. The first-order valence-electron chi connectivity index (χ1n) is 10.3. The van der Waals surface area contributed by atoms with Crippen LogP contribution < -0.4 is 0 Å². The quantitative estimate of drug-likeness (QED) is 0.746. The molecule has 1 N–H and O–H groups in total. The molecular weight excluding hydrogens is 386 g/mol. The minimum absolute atomic E-state index is 0.0281. The summed E-state index contributed by atoms with van der Waals surface area (Å²) < 4.78 is 0. The fourth-order valence-corrected chi connectivity index (χ4v) is 5.44. The molecule has 2 aliphatic rings. The Labute approximate surface area is 177 Å². The molecule has 4 rings (SSSR count). The molecule has 3 heterocycles. The SMILES string of the molecule is CN1C2CCC1[C@@H](CN(CC(=O)O)Cc1ccccn1)[C@@H](c1ccc(Cl)cc1)C2. The minimum atomic E-state index is -0.794. The molecule has 6 heteroatoms. The zero-order valence-electron chi connectivity index (χ0n) is 16.7. The fraction of sp³-hybridized carbons (Fsp3) is 0.478. The molecule has 2 fully saturated rings. The summed E-state index contributed by atoms with van der Waals surface area (Å²) in [5.41, 5.74) is 2.22. The first-order chi connectivity index (χ1) is 14.0. The lowest BCUT2D eigenvalue weighted by Crippen LogP contribution is -2.50. The van der Waals surface area contributed by atoms with Crippen molar-refractivity contribution in [2.75, 3.05) is 20.1 Å². The maximum absolute atomic E-state index is 11.6. The Balaban J connectivity index is 1.59. The third kappa shape index (κ3) is 4.63. The lowest BCUT2D eigenvalue weighted by atomic mass is 9.76. The minimum Gasteiger partial charge on any atom is -0.480 e. The number of carbonyl (C=O) groups is 1. The van der Waals surface area contributed by atoms with Crippen LogP contribution in [0.2, 0.25) is 5.02 Å². The average molecular weight is 414 g/mol. The largest absolute Gasteiger partial charge is 0.480 e. The number of rotatable bonds is 7. The molecule has 1 aromatic heterocycles. The van der Waals surface area contributed by atoms with Crippen molar-refractivity contribution in [1.29, 1.82) is 0 Å². The summed E-state index contributed by atoms with van der Waals surface area (Å²) >= 11 is 6.12. The summed E-state index contributed by atoms with van der Waals surface area (Å²) in [5.74, 6) is 0.00131. The number of aromatic nitrogens is 1. The van der Waals surface area contributed by atoms with Crippen LogP contribution in [0, 0.1) is 5.92 Å². The second kappa shape index (κ2) is 8.82. The molecule has 2 aromatic rings. The van der Waals surface area contributed by atoms with Gasteiger partial charge in [0.05, 0.1) is 12.2 Å². The lowest BCUT2D eigenvalue weighted by molar-refractivity contribution is -0.138. The van der Waals surface area contributed by atoms with Gasteiger partial charge >= 0.3 is 5.97 Å². The highest BCUT2D eigenvalue weighted by Crippen LogP contribution is 2.46. The number of pyridine rings is 1. The van der Waals surface area contributed by atoms with Gasteiger partial charge in [0.25, 0.3) is 0 Å². The second-order valence-corrected chi connectivity index (χ2v) is 8.84. The van der Waals surface area contributed by atoms with E-state index in [4.69, 9.17) is 11.6 Å². The summed E-state index contributed by atoms with van der Waals surface area (Å²) in [7, 11) is 2.23. The summed E-state index contributed by atoms with van der Waals surface area (Å²) in [5, 5.41) is 10.3. The van der Waals surface area contributed by atoms with Gasteiger partial charge in [-0.15, -0.1) is 0 Å². The van der Waals surface area contributed by atoms with Crippen LogP contribution in [0.1, 0.15) is 36.4 Å². The molecule has 154 valence electrons. The van der Waals surface area contributed by atoms with E-state index in [-0.39, 0.29) is 6.54 Å². The van der Waals surface area contributed by atoms with E-state index in [0.29, 0.717) is 30.5 Å². The normalized spacial score (nSPS) is 26.7. The summed E-state index contributed by atoms with van der Waals surface area (Å²) in [4.78, 5) is 20.5. The van der Waals surface area contributed by atoms with Crippen LogP contribution in [0.25, 0.3) is 0 Å². The Hall–Kier alpha value is -1.95. The Morgan fingerprint density at radius 1 is 1.24 bits per heavy atom. The molecule has 0 spiro atoms. The number of carboxylic acid groups (broad SMARTS) is 1. The molecule has 2 bridgehead atoms. The Morgan fingerprint density at radius 3 is 2.72 bits per heavy atom. The number of halogens is 1. The number of piperidine rings is 1. The van der Waals surface area contributed by atoms with Crippen molar-refractivity contribution in [2.45, 2.75) is 43.8 Å². The van der Waals surface area contributed by atoms with E-state index in [0.717, 1.165) is 23.7 Å². The number of hydrogen-bond acceptors (Lipinski definition) is 4. The van der Waals surface area contributed by atoms with Gasteiger partial charge in [0.1, 0.15) is 0 Å². The van der Waals surface area contributed by atoms with Gasteiger partial charge < -0.3 is 10.0 Å². The van der Waals surface area contributed by atoms with E-state index in [1.807, 2.05) is 35.2 Å². The van der Waals surface area contributed by atoms with E-state index >= 15 is 0 Å². The maximum atomic E-state index is 11.6. The third-order valence-corrected chi connectivity index (χ3v) is 6.92. The van der Waals surface area contributed by atoms with E-state index in [9.17, 15) is 9.90 Å². The van der Waals surface area contributed by atoms with E-state index in [1.165, 1.54) is 18.4 Å². The highest BCUT2D eigenvalue weighted by atomic mass is 35.5. The van der Waals surface area contributed by atoms with Crippen LogP contribution in [0.15, 0.2) is 48.7 Å². The number of nitrogens with zero attached hydrogens (tertiary/aromatic N) is 3. The molecule has 2 aliphatic heterocycles. The zero-order chi connectivity index (χ0) is 20.4. The predicted octanol–water partition coefficient (Wildman–Crippen LogP) is 3.89. The molecule has 0 amide bonds. The molecule has 0 aliphatic carbocycles. The van der Waals surface area contributed by atoms with Gasteiger partial charge in [0, 0.05) is 36.4 Å². The van der Waals surface area contributed by atoms with Crippen LogP contribution in [0.4, 0.5) is 0 Å². The molecule has 2 saturated heterocycles. The molecule has 2 unspecified atom stereocenters. The summed E-state index contributed by atoms with van der Waals surface area (Å²) in [6.45, 7) is 1.33. The Kier molecular flexibility index (Phi) is 6.18. The number of benzene rings is 1.